The fourth-order valence-corrected chi connectivity index (χ4v) is 1.85. The van der Waals surface area contributed by atoms with Gasteiger partial charge in [0.05, 0.1) is 6.54 Å². The fourth-order valence-electron chi connectivity index (χ4n) is 1.85. The van der Waals surface area contributed by atoms with Crippen LogP contribution in [0.4, 0.5) is 0 Å². The first-order chi connectivity index (χ1) is 7.77. The maximum absolute atomic E-state index is 11.4. The lowest BCUT2D eigenvalue weighted by molar-refractivity contribution is -0.120. The first kappa shape index (κ1) is 13.2. The molecule has 1 rings (SSSR count). The largest absolute Gasteiger partial charge is 0.355 e. The summed E-state index contributed by atoms with van der Waals surface area (Å²) in [6.45, 7) is 7.04. The third-order valence-electron chi connectivity index (χ3n) is 2.97. The van der Waals surface area contributed by atoms with E-state index >= 15 is 0 Å². The molecule has 0 spiro atoms. The normalized spacial score (nSPS) is 16.8. The summed E-state index contributed by atoms with van der Waals surface area (Å²) in [5, 5.41) is 6.25. The van der Waals surface area contributed by atoms with Gasteiger partial charge >= 0.3 is 0 Å². The first-order valence-electron chi connectivity index (χ1n) is 6.39. The van der Waals surface area contributed by atoms with Crippen LogP contribution in [0.5, 0.6) is 0 Å². The van der Waals surface area contributed by atoms with Gasteiger partial charge in [-0.15, -0.1) is 6.58 Å². The molecule has 1 saturated carbocycles. The van der Waals surface area contributed by atoms with E-state index in [9.17, 15) is 4.79 Å². The van der Waals surface area contributed by atoms with E-state index in [0.717, 1.165) is 31.7 Å². The Morgan fingerprint density at radius 2 is 2.31 bits per heavy atom. The highest BCUT2D eigenvalue weighted by Gasteiger charge is 2.30. The van der Waals surface area contributed by atoms with Crippen molar-refractivity contribution in [2.24, 2.45) is 5.92 Å². The van der Waals surface area contributed by atoms with E-state index in [4.69, 9.17) is 0 Å². The number of rotatable bonds is 9. The molecule has 1 aliphatic rings. The van der Waals surface area contributed by atoms with E-state index < -0.39 is 0 Å². The molecule has 1 aliphatic carbocycles. The van der Waals surface area contributed by atoms with Crippen LogP contribution in [-0.2, 0) is 4.79 Å². The summed E-state index contributed by atoms with van der Waals surface area (Å²) >= 11 is 0. The van der Waals surface area contributed by atoms with Crippen molar-refractivity contribution in [3.63, 3.8) is 0 Å². The molecule has 0 aliphatic heterocycles. The molecule has 1 unspecified atom stereocenters. The second kappa shape index (κ2) is 7.44. The molecule has 0 saturated heterocycles. The molecule has 92 valence electrons. The molecular formula is C13H24N2O. The lowest BCUT2D eigenvalue weighted by atomic mass is 10.1. The molecule has 1 atom stereocenters. The molecular weight excluding hydrogens is 200 g/mol. The van der Waals surface area contributed by atoms with Crippen molar-refractivity contribution in [3.8, 4) is 0 Å². The van der Waals surface area contributed by atoms with Crippen molar-refractivity contribution in [3.05, 3.63) is 12.7 Å². The minimum atomic E-state index is 0.117. The summed E-state index contributed by atoms with van der Waals surface area (Å²) in [5.74, 6) is 0.907. The maximum atomic E-state index is 11.4. The number of allylic oxidation sites excluding steroid dienone is 1. The van der Waals surface area contributed by atoms with E-state index in [-0.39, 0.29) is 5.91 Å². The molecule has 1 fully saturated rings. The summed E-state index contributed by atoms with van der Waals surface area (Å²) in [4.78, 5) is 11.4. The van der Waals surface area contributed by atoms with Crippen LogP contribution in [0, 0.1) is 5.92 Å². The van der Waals surface area contributed by atoms with Gasteiger partial charge in [-0.1, -0.05) is 13.0 Å². The van der Waals surface area contributed by atoms with Gasteiger partial charge in [-0.05, 0) is 38.0 Å². The summed E-state index contributed by atoms with van der Waals surface area (Å²) in [6, 6.07) is 0.505. The van der Waals surface area contributed by atoms with Gasteiger partial charge in [-0.3, -0.25) is 4.79 Å². The number of hydrogen-bond donors (Lipinski definition) is 2. The van der Waals surface area contributed by atoms with Gasteiger partial charge in [0.2, 0.25) is 5.91 Å². The standard InChI is InChI=1S/C13H24N2O/c1-3-5-6-12(11-7-8-11)15-10-13(16)14-9-4-2/h3,11-12,15H,1,4-10H2,2H3,(H,14,16). The van der Waals surface area contributed by atoms with Crippen LogP contribution in [-0.4, -0.2) is 25.0 Å². The van der Waals surface area contributed by atoms with Crippen molar-refractivity contribution in [1.29, 1.82) is 0 Å². The second-order valence-electron chi connectivity index (χ2n) is 4.54. The Morgan fingerprint density at radius 3 is 2.88 bits per heavy atom. The van der Waals surface area contributed by atoms with Crippen LogP contribution in [0.3, 0.4) is 0 Å². The molecule has 0 bridgehead atoms. The highest BCUT2D eigenvalue weighted by atomic mass is 16.1. The lowest BCUT2D eigenvalue weighted by Gasteiger charge is -2.17. The highest BCUT2D eigenvalue weighted by Crippen LogP contribution is 2.34. The van der Waals surface area contributed by atoms with Crippen molar-refractivity contribution >= 4 is 5.91 Å². The minimum absolute atomic E-state index is 0.117. The molecule has 2 N–H and O–H groups in total. The summed E-state index contributed by atoms with van der Waals surface area (Å²) in [5.41, 5.74) is 0. The number of carbonyl (C=O) groups is 1. The van der Waals surface area contributed by atoms with Crippen molar-refractivity contribution in [2.75, 3.05) is 13.1 Å². The Labute approximate surface area is 98.7 Å². The Kier molecular flexibility index (Phi) is 6.16. The Morgan fingerprint density at radius 1 is 1.56 bits per heavy atom. The molecule has 0 radical (unpaired) electrons. The van der Waals surface area contributed by atoms with Gasteiger partial charge in [0.1, 0.15) is 0 Å². The molecule has 0 heterocycles. The van der Waals surface area contributed by atoms with Gasteiger partial charge in [0, 0.05) is 12.6 Å². The third kappa shape index (κ3) is 5.31. The van der Waals surface area contributed by atoms with Crippen LogP contribution in [0.1, 0.15) is 39.0 Å². The van der Waals surface area contributed by atoms with Crippen molar-refractivity contribution < 1.29 is 4.79 Å². The smallest absolute Gasteiger partial charge is 0.233 e. The van der Waals surface area contributed by atoms with Crippen molar-refractivity contribution in [2.45, 2.75) is 45.1 Å². The Hall–Kier alpha value is -0.830. The SMILES string of the molecule is C=CCCC(NCC(=O)NCCC)C1CC1. The lowest BCUT2D eigenvalue weighted by Crippen LogP contribution is -2.40. The van der Waals surface area contributed by atoms with Gasteiger partial charge in [0.15, 0.2) is 0 Å². The van der Waals surface area contributed by atoms with Crippen LogP contribution in [0.2, 0.25) is 0 Å². The topological polar surface area (TPSA) is 41.1 Å². The third-order valence-corrected chi connectivity index (χ3v) is 2.97. The number of nitrogens with one attached hydrogen (secondary N) is 2. The molecule has 3 nitrogen and oxygen atoms in total. The Balaban J connectivity index is 2.15. The first-order valence-corrected chi connectivity index (χ1v) is 6.39. The van der Waals surface area contributed by atoms with Crippen LogP contribution in [0.25, 0.3) is 0 Å². The number of carbonyl (C=O) groups excluding carboxylic acids is 1. The van der Waals surface area contributed by atoms with E-state index in [0.29, 0.717) is 12.6 Å². The zero-order valence-electron chi connectivity index (χ0n) is 10.3. The molecule has 0 aromatic carbocycles. The average Bonchev–Trinajstić information content (AvgIpc) is 3.10. The zero-order chi connectivity index (χ0) is 11.8. The minimum Gasteiger partial charge on any atom is -0.355 e. The van der Waals surface area contributed by atoms with Crippen molar-refractivity contribution in [1.82, 2.24) is 10.6 Å². The van der Waals surface area contributed by atoms with Gasteiger partial charge in [0.25, 0.3) is 0 Å². The fraction of sp³-hybridized carbons (Fsp3) is 0.769. The van der Waals surface area contributed by atoms with Gasteiger partial charge in [-0.25, -0.2) is 0 Å². The quantitative estimate of drug-likeness (QED) is 0.587. The molecule has 16 heavy (non-hydrogen) atoms. The predicted octanol–water partition coefficient (Wildman–Crippen LogP) is 1.85. The molecule has 1 amide bonds. The number of amides is 1. The zero-order valence-corrected chi connectivity index (χ0v) is 10.3. The van der Waals surface area contributed by atoms with Crippen LogP contribution in [0.15, 0.2) is 12.7 Å². The van der Waals surface area contributed by atoms with Gasteiger partial charge < -0.3 is 10.6 Å². The summed E-state index contributed by atoms with van der Waals surface area (Å²) in [6.07, 6.45) is 7.71. The molecule has 0 aromatic rings. The molecule has 3 heteroatoms. The second-order valence-corrected chi connectivity index (χ2v) is 4.54. The highest BCUT2D eigenvalue weighted by molar-refractivity contribution is 5.77. The van der Waals surface area contributed by atoms with E-state index in [2.05, 4.69) is 24.1 Å². The van der Waals surface area contributed by atoms with Gasteiger partial charge in [-0.2, -0.15) is 0 Å². The van der Waals surface area contributed by atoms with Crippen LogP contribution < -0.4 is 10.6 Å². The summed E-state index contributed by atoms with van der Waals surface area (Å²) < 4.78 is 0. The maximum Gasteiger partial charge on any atom is 0.233 e. The molecule has 0 aromatic heterocycles. The Bertz CT molecular complexity index is 224. The van der Waals surface area contributed by atoms with E-state index in [1.807, 2.05) is 6.08 Å². The number of hydrogen-bond acceptors (Lipinski definition) is 2. The van der Waals surface area contributed by atoms with E-state index in [1.54, 1.807) is 0 Å². The average molecular weight is 224 g/mol. The monoisotopic (exact) mass is 224 g/mol. The predicted molar refractivity (Wildman–Crippen MR) is 67.2 cm³/mol. The summed E-state index contributed by atoms with van der Waals surface area (Å²) in [7, 11) is 0. The van der Waals surface area contributed by atoms with Crippen LogP contribution >= 0.6 is 0 Å². The van der Waals surface area contributed by atoms with E-state index in [1.165, 1.54) is 12.8 Å².